The van der Waals surface area contributed by atoms with Gasteiger partial charge in [0.25, 0.3) is 0 Å². The zero-order chi connectivity index (χ0) is 16.4. The number of H-pyrrole nitrogens is 1. The third-order valence-corrected chi connectivity index (χ3v) is 4.41. The molecule has 1 fully saturated rings. The molecular weight excluding hydrogens is 304 g/mol. The van der Waals surface area contributed by atoms with Gasteiger partial charge in [0.15, 0.2) is 17.1 Å². The number of nitrogens with zero attached hydrogens (tertiary/aromatic N) is 3. The van der Waals surface area contributed by atoms with Crippen molar-refractivity contribution in [1.29, 1.82) is 0 Å². The van der Waals surface area contributed by atoms with Gasteiger partial charge in [-0.15, -0.1) is 0 Å². The first kappa shape index (κ1) is 14.9. The van der Waals surface area contributed by atoms with Crippen molar-refractivity contribution in [1.82, 2.24) is 19.9 Å². The second kappa shape index (κ2) is 6.47. The molecule has 3 aromatic rings. The van der Waals surface area contributed by atoms with Crippen LogP contribution in [0.5, 0.6) is 11.5 Å². The van der Waals surface area contributed by atoms with Crippen LogP contribution in [-0.4, -0.2) is 33.1 Å². The maximum absolute atomic E-state index is 6.15. The van der Waals surface area contributed by atoms with Crippen LogP contribution in [-0.2, 0) is 6.42 Å². The number of rotatable bonds is 5. The lowest BCUT2D eigenvalue weighted by molar-refractivity contribution is 0.200. The molecule has 0 atom stereocenters. The van der Waals surface area contributed by atoms with Gasteiger partial charge in [0.05, 0.1) is 25.7 Å². The molecule has 24 heavy (non-hydrogen) atoms. The zero-order valence-electron chi connectivity index (χ0n) is 13.7. The average Bonchev–Trinajstić information content (AvgIpc) is 3.26. The predicted molar refractivity (Wildman–Crippen MR) is 90.4 cm³/mol. The molecule has 1 aliphatic rings. The summed E-state index contributed by atoms with van der Waals surface area (Å²) in [4.78, 5) is 16.1. The van der Waals surface area contributed by atoms with Crippen LogP contribution in [0.1, 0.15) is 37.1 Å². The van der Waals surface area contributed by atoms with Gasteiger partial charge in [-0.3, -0.25) is 0 Å². The third-order valence-electron chi connectivity index (χ3n) is 4.41. The maximum Gasteiger partial charge on any atom is 0.180 e. The fourth-order valence-corrected chi connectivity index (χ4v) is 3.15. The molecule has 0 bridgehead atoms. The summed E-state index contributed by atoms with van der Waals surface area (Å²) in [6.07, 6.45) is 9.04. The first-order valence-corrected chi connectivity index (χ1v) is 8.30. The summed E-state index contributed by atoms with van der Waals surface area (Å²) in [6, 6.07) is 6.01. The second-order valence-corrected chi connectivity index (χ2v) is 6.11. The summed E-state index contributed by atoms with van der Waals surface area (Å²) < 4.78 is 11.6. The number of aromatic amines is 1. The fourth-order valence-electron chi connectivity index (χ4n) is 3.15. The highest BCUT2D eigenvalue weighted by Crippen LogP contribution is 2.32. The van der Waals surface area contributed by atoms with E-state index in [0.717, 1.165) is 41.2 Å². The summed E-state index contributed by atoms with van der Waals surface area (Å²) in [5, 5.41) is 0. The molecule has 0 amide bonds. The fraction of sp³-hybridized carbons (Fsp3) is 0.389. The minimum absolute atomic E-state index is 0.297. The molecule has 1 N–H and O–H groups in total. The predicted octanol–water partition coefficient (Wildman–Crippen LogP) is 3.27. The van der Waals surface area contributed by atoms with Gasteiger partial charge in [-0.25, -0.2) is 15.0 Å². The highest BCUT2D eigenvalue weighted by molar-refractivity contribution is 5.68. The molecule has 4 rings (SSSR count). The van der Waals surface area contributed by atoms with E-state index in [4.69, 9.17) is 9.47 Å². The summed E-state index contributed by atoms with van der Waals surface area (Å²) in [5.41, 5.74) is 2.63. The van der Waals surface area contributed by atoms with E-state index >= 15 is 0 Å². The van der Waals surface area contributed by atoms with Crippen LogP contribution in [0.4, 0.5) is 0 Å². The Morgan fingerprint density at radius 1 is 1.17 bits per heavy atom. The van der Waals surface area contributed by atoms with Gasteiger partial charge in [-0.1, -0.05) is 6.07 Å². The van der Waals surface area contributed by atoms with Crippen LogP contribution in [0.25, 0.3) is 11.2 Å². The lowest BCUT2D eigenvalue weighted by atomic mass is 10.1. The largest absolute Gasteiger partial charge is 0.493 e. The average molecular weight is 324 g/mol. The van der Waals surface area contributed by atoms with E-state index in [1.807, 2.05) is 18.2 Å². The Kier molecular flexibility index (Phi) is 4.02. The first-order chi connectivity index (χ1) is 11.8. The standard InChI is InChI=1S/C18H20N4O2/c1-23-15-7-6-12(8-16(15)24-13-4-2-3-5-13)9-17-19-10-14-18(22-17)21-11-20-14/h6-8,10-11,13H,2-5,9H2,1H3,(H,19,20,21,22). The molecule has 1 aromatic carbocycles. The molecule has 0 saturated heterocycles. The Balaban J connectivity index is 1.57. The van der Waals surface area contributed by atoms with E-state index in [9.17, 15) is 0 Å². The van der Waals surface area contributed by atoms with Gasteiger partial charge >= 0.3 is 0 Å². The van der Waals surface area contributed by atoms with Crippen LogP contribution in [0.15, 0.2) is 30.7 Å². The summed E-state index contributed by atoms with van der Waals surface area (Å²) >= 11 is 0. The van der Waals surface area contributed by atoms with Crippen LogP contribution >= 0.6 is 0 Å². The van der Waals surface area contributed by atoms with Gasteiger partial charge < -0.3 is 14.5 Å². The highest BCUT2D eigenvalue weighted by atomic mass is 16.5. The van der Waals surface area contributed by atoms with Crippen LogP contribution in [0, 0.1) is 0 Å². The van der Waals surface area contributed by atoms with Gasteiger partial charge in [0.1, 0.15) is 11.3 Å². The topological polar surface area (TPSA) is 72.9 Å². The van der Waals surface area contributed by atoms with Gasteiger partial charge in [-0.2, -0.15) is 0 Å². The molecule has 0 aliphatic heterocycles. The zero-order valence-corrected chi connectivity index (χ0v) is 13.7. The summed E-state index contributed by atoms with van der Waals surface area (Å²) in [7, 11) is 1.67. The number of benzene rings is 1. The Hall–Kier alpha value is -2.63. The number of ether oxygens (including phenoxy) is 2. The van der Waals surface area contributed by atoms with E-state index in [1.54, 1.807) is 19.6 Å². The number of hydrogen-bond donors (Lipinski definition) is 1. The normalized spacial score (nSPS) is 15.0. The number of hydrogen-bond acceptors (Lipinski definition) is 5. The molecular formula is C18H20N4O2. The van der Waals surface area contributed by atoms with E-state index in [2.05, 4.69) is 19.9 Å². The van der Waals surface area contributed by atoms with Crippen LogP contribution in [0.2, 0.25) is 0 Å². The Morgan fingerprint density at radius 2 is 2.04 bits per heavy atom. The van der Waals surface area contributed by atoms with Crippen molar-refractivity contribution in [3.63, 3.8) is 0 Å². The smallest absolute Gasteiger partial charge is 0.180 e. The van der Waals surface area contributed by atoms with Gasteiger partial charge in [0.2, 0.25) is 0 Å². The van der Waals surface area contributed by atoms with Gasteiger partial charge in [-0.05, 0) is 43.4 Å². The molecule has 1 saturated carbocycles. The van der Waals surface area contributed by atoms with Crippen molar-refractivity contribution in [2.45, 2.75) is 38.2 Å². The minimum atomic E-state index is 0.297. The number of nitrogens with one attached hydrogen (secondary N) is 1. The molecule has 1 aliphatic carbocycles. The number of imidazole rings is 1. The van der Waals surface area contributed by atoms with Gasteiger partial charge in [0, 0.05) is 6.42 Å². The molecule has 0 unspecified atom stereocenters. The van der Waals surface area contributed by atoms with Crippen molar-refractivity contribution < 1.29 is 9.47 Å². The molecule has 0 spiro atoms. The Bertz CT molecular complexity index is 840. The first-order valence-electron chi connectivity index (χ1n) is 8.30. The van der Waals surface area contributed by atoms with E-state index in [1.165, 1.54) is 12.8 Å². The highest BCUT2D eigenvalue weighted by Gasteiger charge is 2.18. The molecule has 124 valence electrons. The van der Waals surface area contributed by atoms with Crippen molar-refractivity contribution in [2.24, 2.45) is 0 Å². The third kappa shape index (κ3) is 3.04. The van der Waals surface area contributed by atoms with E-state index < -0.39 is 0 Å². The van der Waals surface area contributed by atoms with Crippen LogP contribution in [0.3, 0.4) is 0 Å². The SMILES string of the molecule is COc1ccc(Cc2ncc3[nH]cnc3n2)cc1OC1CCCC1. The number of fused-ring (bicyclic) bond motifs is 1. The Morgan fingerprint density at radius 3 is 2.88 bits per heavy atom. The van der Waals surface area contributed by atoms with Crippen molar-refractivity contribution in [3.8, 4) is 11.5 Å². The molecule has 2 aromatic heterocycles. The minimum Gasteiger partial charge on any atom is -0.493 e. The van der Waals surface area contributed by atoms with Crippen molar-refractivity contribution in [3.05, 3.63) is 42.1 Å². The lowest BCUT2D eigenvalue weighted by Crippen LogP contribution is -2.11. The van der Waals surface area contributed by atoms with Crippen molar-refractivity contribution in [2.75, 3.05) is 7.11 Å². The molecule has 6 heteroatoms. The summed E-state index contributed by atoms with van der Waals surface area (Å²) in [6.45, 7) is 0. The molecule has 2 heterocycles. The number of aromatic nitrogens is 4. The quantitative estimate of drug-likeness (QED) is 0.780. The monoisotopic (exact) mass is 324 g/mol. The maximum atomic E-state index is 6.15. The summed E-state index contributed by atoms with van der Waals surface area (Å²) in [5.74, 6) is 2.32. The number of methoxy groups -OCH3 is 1. The Labute approximate surface area is 140 Å². The van der Waals surface area contributed by atoms with Crippen LogP contribution < -0.4 is 9.47 Å². The molecule has 0 radical (unpaired) electrons. The van der Waals surface area contributed by atoms with E-state index in [-0.39, 0.29) is 0 Å². The second-order valence-electron chi connectivity index (χ2n) is 6.11. The lowest BCUT2D eigenvalue weighted by Gasteiger charge is -2.16. The van der Waals surface area contributed by atoms with Crippen molar-refractivity contribution >= 4 is 11.2 Å². The molecule has 6 nitrogen and oxygen atoms in total. The van der Waals surface area contributed by atoms with E-state index in [0.29, 0.717) is 18.2 Å².